The molecule has 21 heavy (non-hydrogen) atoms. The summed E-state index contributed by atoms with van der Waals surface area (Å²) in [7, 11) is -3.39. The molecule has 1 aromatic carbocycles. The number of rotatable bonds is 3. The summed E-state index contributed by atoms with van der Waals surface area (Å²) >= 11 is 6.09. The predicted molar refractivity (Wildman–Crippen MR) is 84.0 cm³/mol. The van der Waals surface area contributed by atoms with Crippen molar-refractivity contribution in [1.29, 1.82) is 0 Å². The van der Waals surface area contributed by atoms with Gasteiger partial charge in [0, 0.05) is 6.54 Å². The van der Waals surface area contributed by atoms with Gasteiger partial charge >= 0.3 is 0 Å². The molecule has 1 N–H and O–H groups in total. The van der Waals surface area contributed by atoms with E-state index in [2.05, 4.69) is 5.32 Å². The molecule has 1 saturated heterocycles. The van der Waals surface area contributed by atoms with Crippen molar-refractivity contribution in [1.82, 2.24) is 4.31 Å². The maximum atomic E-state index is 12.4. The molecule has 0 saturated carbocycles. The molecule has 0 aromatic heterocycles. The molecule has 1 heterocycles. The smallest absolute Gasteiger partial charge is 0.242 e. The average molecular weight is 331 g/mol. The van der Waals surface area contributed by atoms with Crippen molar-refractivity contribution in [3.05, 3.63) is 28.8 Å². The van der Waals surface area contributed by atoms with Crippen molar-refractivity contribution >= 4 is 33.2 Å². The quantitative estimate of drug-likeness (QED) is 0.925. The van der Waals surface area contributed by atoms with Gasteiger partial charge in [-0.15, -0.1) is 0 Å². The minimum Gasteiger partial charge on any atom is -0.323 e. The summed E-state index contributed by atoms with van der Waals surface area (Å²) in [5.41, 5.74) is 1.50. The number of sulfonamides is 1. The summed E-state index contributed by atoms with van der Waals surface area (Å²) < 4.78 is 24.8. The number of nitrogens with zero attached hydrogens (tertiary/aromatic N) is 1. The Hall–Kier alpha value is -1.11. The van der Waals surface area contributed by atoms with E-state index in [9.17, 15) is 13.2 Å². The third kappa shape index (κ3) is 3.96. The van der Waals surface area contributed by atoms with Gasteiger partial charge in [-0.05, 0) is 37.5 Å². The summed E-state index contributed by atoms with van der Waals surface area (Å²) in [5.74, 6) is -0.328. The van der Waals surface area contributed by atoms with Crippen LogP contribution in [0.4, 0.5) is 5.69 Å². The van der Waals surface area contributed by atoms with Crippen LogP contribution in [0.1, 0.15) is 24.8 Å². The van der Waals surface area contributed by atoms with E-state index in [0.29, 0.717) is 23.7 Å². The van der Waals surface area contributed by atoms with Crippen molar-refractivity contribution in [3.8, 4) is 0 Å². The molecule has 116 valence electrons. The van der Waals surface area contributed by atoms with Crippen LogP contribution in [0.15, 0.2) is 18.2 Å². The van der Waals surface area contributed by atoms with E-state index in [4.69, 9.17) is 11.6 Å². The number of amides is 1. The minimum absolute atomic E-state index is 0.328. The van der Waals surface area contributed by atoms with Crippen LogP contribution < -0.4 is 5.32 Å². The average Bonchev–Trinajstić information content (AvgIpc) is 2.41. The van der Waals surface area contributed by atoms with Gasteiger partial charge in [0.15, 0.2) is 0 Å². The second kappa shape index (κ2) is 6.34. The Bertz CT molecular complexity index is 646. The molecule has 0 aliphatic carbocycles. The van der Waals surface area contributed by atoms with Crippen LogP contribution in [-0.4, -0.2) is 37.5 Å². The minimum atomic E-state index is -3.39. The summed E-state index contributed by atoms with van der Waals surface area (Å²) in [4.78, 5) is 12.4. The summed E-state index contributed by atoms with van der Waals surface area (Å²) in [6.45, 7) is 2.29. The van der Waals surface area contributed by atoms with Gasteiger partial charge in [0.2, 0.25) is 15.9 Å². The van der Waals surface area contributed by atoms with Gasteiger partial charge in [-0.2, -0.15) is 4.31 Å². The molecule has 1 aliphatic rings. The first kappa shape index (κ1) is 16.3. The fraction of sp³-hybridized carbons (Fsp3) is 0.500. The lowest BCUT2D eigenvalue weighted by Gasteiger charge is -2.32. The number of aryl methyl sites for hydroxylation is 1. The lowest BCUT2D eigenvalue weighted by atomic mass is 10.0. The topological polar surface area (TPSA) is 66.5 Å². The second-order valence-corrected chi connectivity index (χ2v) is 7.70. The first-order valence-electron chi connectivity index (χ1n) is 6.83. The van der Waals surface area contributed by atoms with E-state index < -0.39 is 16.1 Å². The fourth-order valence-electron chi connectivity index (χ4n) is 2.50. The van der Waals surface area contributed by atoms with E-state index in [1.165, 1.54) is 4.31 Å². The largest absolute Gasteiger partial charge is 0.323 e. The van der Waals surface area contributed by atoms with Gasteiger partial charge < -0.3 is 5.32 Å². The standard InChI is InChI=1S/C14H19ClN2O3S/c1-10-6-7-12(11(15)9-10)16-14(18)13-5-3-4-8-17(13)21(2,19)20/h6-7,9,13H,3-5,8H2,1-2H3,(H,16,18). The Morgan fingerprint density at radius 1 is 1.38 bits per heavy atom. The molecule has 0 spiro atoms. The van der Waals surface area contributed by atoms with Crippen LogP contribution in [0.25, 0.3) is 0 Å². The summed E-state index contributed by atoms with van der Waals surface area (Å²) in [6.07, 6.45) is 3.29. The van der Waals surface area contributed by atoms with Crippen LogP contribution in [0.5, 0.6) is 0 Å². The molecule has 1 aliphatic heterocycles. The molecule has 5 nitrogen and oxygen atoms in total. The third-order valence-corrected chi connectivity index (χ3v) is 5.17. The molecule has 0 radical (unpaired) electrons. The Morgan fingerprint density at radius 3 is 2.71 bits per heavy atom. The molecule has 1 unspecified atom stereocenters. The monoisotopic (exact) mass is 330 g/mol. The SMILES string of the molecule is Cc1ccc(NC(=O)C2CCCCN2S(C)(=O)=O)c(Cl)c1. The number of hydrogen-bond donors (Lipinski definition) is 1. The number of halogens is 1. The number of nitrogens with one attached hydrogen (secondary N) is 1. The van der Waals surface area contributed by atoms with E-state index in [0.717, 1.165) is 24.7 Å². The highest BCUT2D eigenvalue weighted by molar-refractivity contribution is 7.88. The third-order valence-electron chi connectivity index (χ3n) is 3.56. The van der Waals surface area contributed by atoms with Crippen molar-refractivity contribution in [3.63, 3.8) is 0 Å². The van der Waals surface area contributed by atoms with Crippen molar-refractivity contribution < 1.29 is 13.2 Å². The number of benzene rings is 1. The number of piperidine rings is 1. The molecule has 1 fully saturated rings. The molecule has 2 rings (SSSR count). The van der Waals surface area contributed by atoms with Crippen LogP contribution in [0.2, 0.25) is 5.02 Å². The molecule has 7 heteroatoms. The zero-order valence-electron chi connectivity index (χ0n) is 12.1. The summed E-state index contributed by atoms with van der Waals surface area (Å²) in [5, 5.41) is 3.18. The van der Waals surface area contributed by atoms with Crippen LogP contribution in [0, 0.1) is 6.92 Å². The van der Waals surface area contributed by atoms with Crippen molar-refractivity contribution in [2.24, 2.45) is 0 Å². The lowest BCUT2D eigenvalue weighted by Crippen LogP contribution is -2.49. The lowest BCUT2D eigenvalue weighted by molar-refractivity contribution is -0.120. The van der Waals surface area contributed by atoms with Crippen LogP contribution in [-0.2, 0) is 14.8 Å². The zero-order chi connectivity index (χ0) is 15.6. The molecule has 1 amide bonds. The summed E-state index contributed by atoms with van der Waals surface area (Å²) in [6, 6.07) is 4.66. The van der Waals surface area contributed by atoms with Gasteiger partial charge in [-0.1, -0.05) is 24.1 Å². The molecule has 1 atom stereocenters. The van der Waals surface area contributed by atoms with E-state index in [-0.39, 0.29) is 5.91 Å². The highest BCUT2D eigenvalue weighted by atomic mass is 35.5. The van der Waals surface area contributed by atoms with Gasteiger partial charge in [0.05, 0.1) is 17.0 Å². The van der Waals surface area contributed by atoms with Gasteiger partial charge in [0.1, 0.15) is 6.04 Å². The fourth-order valence-corrected chi connectivity index (χ4v) is 3.91. The van der Waals surface area contributed by atoms with Gasteiger partial charge in [-0.25, -0.2) is 8.42 Å². The van der Waals surface area contributed by atoms with E-state index >= 15 is 0 Å². The number of anilines is 1. The predicted octanol–water partition coefficient (Wildman–Crippen LogP) is 2.40. The van der Waals surface area contributed by atoms with Gasteiger partial charge in [-0.3, -0.25) is 4.79 Å². The highest BCUT2D eigenvalue weighted by Gasteiger charge is 2.34. The van der Waals surface area contributed by atoms with Crippen LogP contribution in [0.3, 0.4) is 0 Å². The van der Waals surface area contributed by atoms with Gasteiger partial charge in [0.25, 0.3) is 0 Å². The van der Waals surface area contributed by atoms with Crippen molar-refractivity contribution in [2.75, 3.05) is 18.1 Å². The maximum Gasteiger partial charge on any atom is 0.242 e. The number of hydrogen-bond acceptors (Lipinski definition) is 3. The first-order chi connectivity index (χ1) is 9.79. The Morgan fingerprint density at radius 2 is 2.10 bits per heavy atom. The normalized spacial score (nSPS) is 20.2. The van der Waals surface area contributed by atoms with Crippen LogP contribution >= 0.6 is 11.6 Å². The first-order valence-corrected chi connectivity index (χ1v) is 9.05. The Balaban J connectivity index is 2.18. The highest BCUT2D eigenvalue weighted by Crippen LogP contribution is 2.25. The Kier molecular flexibility index (Phi) is 4.91. The molecule has 1 aromatic rings. The van der Waals surface area contributed by atoms with Crippen molar-refractivity contribution in [2.45, 2.75) is 32.2 Å². The van der Waals surface area contributed by atoms with E-state index in [1.807, 2.05) is 13.0 Å². The second-order valence-electron chi connectivity index (χ2n) is 5.36. The number of carbonyl (C=O) groups excluding carboxylic acids is 1. The Labute approximate surface area is 130 Å². The molecular formula is C14H19ClN2O3S. The maximum absolute atomic E-state index is 12.4. The molecular weight excluding hydrogens is 312 g/mol. The zero-order valence-corrected chi connectivity index (χ0v) is 13.7. The van der Waals surface area contributed by atoms with E-state index in [1.54, 1.807) is 12.1 Å². The molecule has 0 bridgehead atoms. The number of carbonyl (C=O) groups is 1.